The van der Waals surface area contributed by atoms with E-state index in [0.29, 0.717) is 0 Å². The first-order chi connectivity index (χ1) is 17.3. The fraction of sp³-hybridized carbons (Fsp3) is 0.312. The van der Waals surface area contributed by atoms with E-state index in [4.69, 9.17) is 9.47 Å². The first kappa shape index (κ1) is 26.2. The number of methoxy groups -OCH3 is 2. The van der Waals surface area contributed by atoms with Crippen molar-refractivity contribution in [2.45, 2.75) is 40.2 Å². The minimum Gasteiger partial charge on any atom is -0.496 e. The molecular formula is C32H38NO2P. The summed E-state index contributed by atoms with van der Waals surface area (Å²) in [4.78, 5) is 2.35. The summed E-state index contributed by atoms with van der Waals surface area (Å²) in [6.45, 7) is 8.61. The Morgan fingerprint density at radius 2 is 1.22 bits per heavy atom. The molecule has 0 saturated carbocycles. The third-order valence-corrected chi connectivity index (χ3v) is 9.43. The van der Waals surface area contributed by atoms with Crippen LogP contribution in [-0.2, 0) is 0 Å². The Morgan fingerprint density at radius 1 is 0.750 bits per heavy atom. The van der Waals surface area contributed by atoms with Crippen molar-refractivity contribution in [3.63, 3.8) is 0 Å². The predicted molar refractivity (Wildman–Crippen MR) is 155 cm³/mol. The number of ether oxygens (including phenoxy) is 2. The highest BCUT2D eigenvalue weighted by atomic mass is 31.1. The minimum absolute atomic E-state index is 0.224. The van der Waals surface area contributed by atoms with E-state index in [1.54, 1.807) is 14.2 Å². The molecule has 1 aliphatic rings. The van der Waals surface area contributed by atoms with Gasteiger partial charge in [0.05, 0.1) is 20.3 Å². The zero-order valence-corrected chi connectivity index (χ0v) is 23.7. The largest absolute Gasteiger partial charge is 0.496 e. The summed E-state index contributed by atoms with van der Waals surface area (Å²) in [5, 5.41) is 4.16. The van der Waals surface area contributed by atoms with Crippen molar-refractivity contribution in [3.05, 3.63) is 105 Å². The summed E-state index contributed by atoms with van der Waals surface area (Å²) >= 11 is 0. The number of likely N-dealkylation sites (N-methyl/N-ethyl adjacent to an activating group) is 1. The molecule has 3 aromatic rings. The fourth-order valence-corrected chi connectivity index (χ4v) is 8.51. The van der Waals surface area contributed by atoms with Crippen molar-refractivity contribution >= 4 is 18.5 Å². The Hall–Kier alpha value is -2.87. The topological polar surface area (TPSA) is 21.7 Å². The maximum absolute atomic E-state index is 5.72. The Balaban J connectivity index is 1.99. The Labute approximate surface area is 218 Å². The highest BCUT2D eigenvalue weighted by Crippen LogP contribution is 2.52. The minimum atomic E-state index is -0.783. The predicted octanol–water partition coefficient (Wildman–Crippen LogP) is 6.89. The van der Waals surface area contributed by atoms with Gasteiger partial charge in [-0.2, -0.15) is 0 Å². The van der Waals surface area contributed by atoms with Crippen LogP contribution in [0.25, 0.3) is 0 Å². The second-order valence-corrected chi connectivity index (χ2v) is 12.0. The van der Waals surface area contributed by atoms with Crippen molar-refractivity contribution in [3.8, 4) is 11.5 Å². The van der Waals surface area contributed by atoms with Crippen LogP contribution in [-0.4, -0.2) is 33.2 Å². The van der Waals surface area contributed by atoms with Crippen molar-refractivity contribution < 1.29 is 9.47 Å². The van der Waals surface area contributed by atoms with E-state index >= 15 is 0 Å². The number of benzene rings is 3. The maximum atomic E-state index is 5.72. The number of nitrogens with zero attached hydrogens (tertiary/aromatic N) is 1. The molecule has 0 N–H and O–H groups in total. The highest BCUT2D eigenvalue weighted by molar-refractivity contribution is 7.77. The van der Waals surface area contributed by atoms with E-state index in [9.17, 15) is 0 Å². The van der Waals surface area contributed by atoms with Gasteiger partial charge in [0, 0.05) is 0 Å². The molecule has 3 aromatic carbocycles. The summed E-state index contributed by atoms with van der Waals surface area (Å²) in [5.74, 6) is 1.95. The van der Waals surface area contributed by atoms with Gasteiger partial charge in [-0.05, 0) is 130 Å². The first-order valence-electron chi connectivity index (χ1n) is 12.5. The van der Waals surface area contributed by atoms with E-state index in [-0.39, 0.29) is 6.04 Å². The highest BCUT2D eigenvalue weighted by Gasteiger charge is 2.30. The molecule has 4 heteroatoms. The molecule has 3 nitrogen and oxygen atoms in total. The molecule has 0 aromatic heterocycles. The van der Waals surface area contributed by atoms with Crippen molar-refractivity contribution in [2.75, 3.05) is 28.3 Å². The van der Waals surface area contributed by atoms with Gasteiger partial charge in [0.1, 0.15) is 11.5 Å². The van der Waals surface area contributed by atoms with Crippen LogP contribution in [0.1, 0.15) is 40.3 Å². The molecule has 1 aliphatic carbocycles. The summed E-state index contributed by atoms with van der Waals surface area (Å²) in [5.41, 5.74) is 7.53. The van der Waals surface area contributed by atoms with Crippen molar-refractivity contribution in [2.24, 2.45) is 0 Å². The summed E-state index contributed by atoms with van der Waals surface area (Å²) in [6, 6.07) is 20.4. The number of allylic oxidation sites excluding steroid dienone is 3. The molecule has 1 atom stereocenters. The van der Waals surface area contributed by atoms with Crippen LogP contribution in [0.2, 0.25) is 0 Å². The average molecular weight is 500 g/mol. The molecule has 188 valence electrons. The van der Waals surface area contributed by atoms with E-state index in [0.717, 1.165) is 17.9 Å². The molecule has 0 bridgehead atoms. The number of rotatable bonds is 8. The maximum Gasteiger partial charge on any atom is 0.124 e. The van der Waals surface area contributed by atoms with E-state index < -0.39 is 7.92 Å². The third kappa shape index (κ3) is 5.01. The van der Waals surface area contributed by atoms with Crippen LogP contribution in [0.3, 0.4) is 0 Å². The van der Waals surface area contributed by atoms with Crippen LogP contribution in [0.4, 0.5) is 0 Å². The van der Waals surface area contributed by atoms with E-state index in [1.165, 1.54) is 49.3 Å². The lowest BCUT2D eigenvalue weighted by Crippen LogP contribution is -2.23. The summed E-state index contributed by atoms with van der Waals surface area (Å²) in [6.07, 6.45) is 5.68. The van der Waals surface area contributed by atoms with Crippen molar-refractivity contribution in [1.29, 1.82) is 0 Å². The lowest BCUT2D eigenvalue weighted by atomic mass is 9.97. The molecule has 0 fully saturated rings. The van der Waals surface area contributed by atoms with Crippen molar-refractivity contribution in [1.82, 2.24) is 4.90 Å². The van der Waals surface area contributed by atoms with Gasteiger partial charge in [0.15, 0.2) is 0 Å². The second-order valence-electron chi connectivity index (χ2n) is 9.85. The van der Waals surface area contributed by atoms with Crippen LogP contribution in [0.5, 0.6) is 11.5 Å². The molecule has 0 aliphatic heterocycles. The lowest BCUT2D eigenvalue weighted by Gasteiger charge is -2.31. The monoisotopic (exact) mass is 499 g/mol. The molecule has 0 unspecified atom stereocenters. The van der Waals surface area contributed by atoms with Gasteiger partial charge in [-0.3, -0.25) is 4.90 Å². The summed E-state index contributed by atoms with van der Waals surface area (Å²) in [7, 11) is 7.11. The van der Waals surface area contributed by atoms with Gasteiger partial charge in [-0.25, -0.2) is 0 Å². The van der Waals surface area contributed by atoms with Crippen LogP contribution in [0, 0.1) is 27.7 Å². The average Bonchev–Trinajstić information content (AvgIpc) is 3.28. The first-order valence-corrected chi connectivity index (χ1v) is 13.8. The third-order valence-electron chi connectivity index (χ3n) is 6.96. The molecule has 0 saturated heterocycles. The van der Waals surface area contributed by atoms with Gasteiger partial charge in [-0.15, -0.1) is 0 Å². The molecule has 0 spiro atoms. The van der Waals surface area contributed by atoms with Crippen LogP contribution < -0.4 is 20.1 Å². The fourth-order valence-electron chi connectivity index (χ4n) is 5.61. The Morgan fingerprint density at radius 3 is 1.64 bits per heavy atom. The van der Waals surface area contributed by atoms with Gasteiger partial charge in [0.25, 0.3) is 0 Å². The molecule has 0 heterocycles. The standard InChI is InChI=1S/C32H38NO2P/c1-21-17-26(18-22(2)31(21)34-7)36(27-19-23(3)32(35-8)24(4)20-27)29-16-12-15-28(29)30(33(5)6)25-13-10-9-11-14-25/h9-14,16-20,30H,15H2,1-8H3/t30-/m0/s1. The van der Waals surface area contributed by atoms with Crippen LogP contribution in [0.15, 0.2) is 77.6 Å². The number of hydrogen-bond acceptors (Lipinski definition) is 3. The van der Waals surface area contributed by atoms with Gasteiger partial charge in [-0.1, -0.05) is 42.5 Å². The number of aryl methyl sites for hydroxylation is 4. The number of hydrogen-bond donors (Lipinski definition) is 0. The second kappa shape index (κ2) is 11.0. The normalized spacial score (nSPS) is 14.2. The van der Waals surface area contributed by atoms with Gasteiger partial charge < -0.3 is 9.47 Å². The van der Waals surface area contributed by atoms with Gasteiger partial charge in [0.2, 0.25) is 0 Å². The SMILES string of the molecule is COc1c(C)cc(P(C2=C([C@H](c3ccccc3)N(C)C)CC=C2)c2cc(C)c(OC)c(C)c2)cc1C. The molecule has 36 heavy (non-hydrogen) atoms. The van der Waals surface area contributed by atoms with Crippen LogP contribution >= 0.6 is 7.92 Å². The summed E-state index contributed by atoms with van der Waals surface area (Å²) < 4.78 is 11.4. The zero-order valence-electron chi connectivity index (χ0n) is 22.8. The zero-order chi connectivity index (χ0) is 26.0. The Bertz CT molecular complexity index is 1200. The van der Waals surface area contributed by atoms with E-state index in [1.807, 2.05) is 0 Å². The van der Waals surface area contributed by atoms with Gasteiger partial charge >= 0.3 is 0 Å². The van der Waals surface area contributed by atoms with E-state index in [2.05, 4.69) is 113 Å². The molecule has 0 amide bonds. The quantitative estimate of drug-likeness (QED) is 0.315. The molecule has 4 rings (SSSR count). The Kier molecular flexibility index (Phi) is 8.03. The smallest absolute Gasteiger partial charge is 0.124 e. The lowest BCUT2D eigenvalue weighted by molar-refractivity contribution is 0.334. The molecular weight excluding hydrogens is 461 g/mol. The molecule has 0 radical (unpaired) electrons.